The van der Waals surface area contributed by atoms with Crippen molar-refractivity contribution in [3.63, 3.8) is 0 Å². The molecule has 0 spiro atoms. The second kappa shape index (κ2) is 7.44. The van der Waals surface area contributed by atoms with E-state index in [9.17, 15) is 4.79 Å². The van der Waals surface area contributed by atoms with E-state index in [1.807, 2.05) is 30.5 Å². The lowest BCUT2D eigenvalue weighted by atomic mass is 9.93. The van der Waals surface area contributed by atoms with Gasteiger partial charge in [0.25, 0.3) is 0 Å². The van der Waals surface area contributed by atoms with Crippen molar-refractivity contribution in [3.05, 3.63) is 83.6 Å². The molecule has 1 atom stereocenters. The van der Waals surface area contributed by atoms with E-state index in [2.05, 4.69) is 27.2 Å². The van der Waals surface area contributed by atoms with E-state index in [1.54, 1.807) is 18.4 Å². The van der Waals surface area contributed by atoms with Crippen molar-refractivity contribution in [1.29, 1.82) is 0 Å². The maximum Gasteiger partial charge on any atom is 0.244 e. The van der Waals surface area contributed by atoms with Gasteiger partial charge in [0.15, 0.2) is 0 Å². The number of nitrogens with zero attached hydrogens (tertiary/aromatic N) is 2. The fourth-order valence-corrected chi connectivity index (χ4v) is 3.43. The summed E-state index contributed by atoms with van der Waals surface area (Å²) < 4.78 is 7.27. The van der Waals surface area contributed by atoms with Gasteiger partial charge in [-0.1, -0.05) is 30.3 Å². The van der Waals surface area contributed by atoms with Gasteiger partial charge in [-0.05, 0) is 43.0 Å². The highest BCUT2D eigenvalue weighted by molar-refractivity contribution is 5.91. The third-order valence-electron chi connectivity index (χ3n) is 4.70. The third kappa shape index (κ3) is 3.61. The van der Waals surface area contributed by atoms with Crippen LogP contribution in [0.15, 0.2) is 65.4 Å². The summed E-state index contributed by atoms with van der Waals surface area (Å²) in [6, 6.07) is 13.9. The van der Waals surface area contributed by atoms with Gasteiger partial charge in [0, 0.05) is 17.3 Å². The summed E-state index contributed by atoms with van der Waals surface area (Å²) in [5.74, 6) is 0.551. The molecule has 5 nitrogen and oxygen atoms in total. The average molecular weight is 347 g/mol. The van der Waals surface area contributed by atoms with Crippen LogP contribution in [-0.2, 0) is 17.8 Å². The molecule has 1 amide bonds. The summed E-state index contributed by atoms with van der Waals surface area (Å²) in [6.07, 6.45) is 9.66. The maximum absolute atomic E-state index is 12.2. The minimum atomic E-state index is -0.116. The first kappa shape index (κ1) is 16.4. The lowest BCUT2D eigenvalue weighted by molar-refractivity contribution is -0.117. The van der Waals surface area contributed by atoms with Crippen LogP contribution in [0, 0.1) is 0 Å². The summed E-state index contributed by atoms with van der Waals surface area (Å²) in [4.78, 5) is 12.2. The van der Waals surface area contributed by atoms with Crippen LogP contribution in [0.1, 0.15) is 41.5 Å². The van der Waals surface area contributed by atoms with Crippen LogP contribution in [0.5, 0.6) is 0 Å². The standard InChI is InChI=1S/C21H21N3O2/c25-21(12-11-17-8-5-13-26-17)23-19-9-4-10-20-18(19)14-22-24(20)15-16-6-2-1-3-7-16/h1-3,5-8,11-14,19H,4,9-10,15H2,(H,23,25)/b12-11+/t19-/m1/s1. The Bertz CT molecular complexity index is 895. The number of benzene rings is 1. The molecule has 1 aliphatic carbocycles. The van der Waals surface area contributed by atoms with Gasteiger partial charge in [-0.15, -0.1) is 0 Å². The second-order valence-corrected chi connectivity index (χ2v) is 6.49. The Morgan fingerprint density at radius 2 is 2.15 bits per heavy atom. The molecule has 0 bridgehead atoms. The van der Waals surface area contributed by atoms with Crippen molar-refractivity contribution in [2.24, 2.45) is 0 Å². The van der Waals surface area contributed by atoms with Crippen LogP contribution in [0.25, 0.3) is 6.08 Å². The number of amides is 1. The van der Waals surface area contributed by atoms with E-state index in [4.69, 9.17) is 4.42 Å². The Balaban J connectivity index is 1.46. The van der Waals surface area contributed by atoms with E-state index in [0.29, 0.717) is 5.76 Å². The number of carbonyl (C=O) groups is 1. The molecular formula is C21H21N3O2. The Labute approximate surface area is 152 Å². The van der Waals surface area contributed by atoms with Gasteiger partial charge in [0.1, 0.15) is 5.76 Å². The van der Waals surface area contributed by atoms with Gasteiger partial charge in [-0.3, -0.25) is 9.48 Å². The van der Waals surface area contributed by atoms with Gasteiger partial charge < -0.3 is 9.73 Å². The number of carbonyl (C=O) groups excluding carboxylic acids is 1. The smallest absolute Gasteiger partial charge is 0.244 e. The first-order valence-corrected chi connectivity index (χ1v) is 8.90. The minimum Gasteiger partial charge on any atom is -0.465 e. The number of rotatable bonds is 5. The Kier molecular flexibility index (Phi) is 4.69. The molecule has 26 heavy (non-hydrogen) atoms. The molecule has 4 rings (SSSR count). The highest BCUT2D eigenvalue weighted by Gasteiger charge is 2.25. The average Bonchev–Trinajstić information content (AvgIpc) is 3.32. The summed E-state index contributed by atoms with van der Waals surface area (Å²) in [5, 5.41) is 7.66. The highest BCUT2D eigenvalue weighted by atomic mass is 16.3. The van der Waals surface area contributed by atoms with Gasteiger partial charge in [0.2, 0.25) is 5.91 Å². The molecule has 2 heterocycles. The van der Waals surface area contributed by atoms with E-state index in [-0.39, 0.29) is 11.9 Å². The zero-order valence-electron chi connectivity index (χ0n) is 14.5. The molecule has 5 heteroatoms. The van der Waals surface area contributed by atoms with Crippen LogP contribution in [0.3, 0.4) is 0 Å². The van der Waals surface area contributed by atoms with Gasteiger partial charge in [-0.25, -0.2) is 0 Å². The molecule has 1 N–H and O–H groups in total. The zero-order valence-corrected chi connectivity index (χ0v) is 14.5. The summed E-state index contributed by atoms with van der Waals surface area (Å²) in [6.45, 7) is 0.759. The molecule has 0 saturated heterocycles. The largest absolute Gasteiger partial charge is 0.465 e. The summed E-state index contributed by atoms with van der Waals surface area (Å²) in [5.41, 5.74) is 3.58. The molecule has 0 saturated carbocycles. The monoisotopic (exact) mass is 347 g/mol. The summed E-state index contributed by atoms with van der Waals surface area (Å²) in [7, 11) is 0. The number of aromatic nitrogens is 2. The van der Waals surface area contributed by atoms with E-state index < -0.39 is 0 Å². The van der Waals surface area contributed by atoms with Crippen LogP contribution in [0.4, 0.5) is 0 Å². The molecule has 2 aromatic heterocycles. The zero-order chi connectivity index (χ0) is 17.8. The Morgan fingerprint density at radius 1 is 1.27 bits per heavy atom. The van der Waals surface area contributed by atoms with Crippen LogP contribution in [-0.4, -0.2) is 15.7 Å². The molecule has 1 aliphatic rings. The topological polar surface area (TPSA) is 60.1 Å². The van der Waals surface area contributed by atoms with Crippen LogP contribution < -0.4 is 5.32 Å². The maximum atomic E-state index is 12.2. The number of nitrogens with one attached hydrogen (secondary N) is 1. The van der Waals surface area contributed by atoms with Crippen molar-refractivity contribution < 1.29 is 9.21 Å². The van der Waals surface area contributed by atoms with Crippen LogP contribution in [0.2, 0.25) is 0 Å². The van der Waals surface area contributed by atoms with Crippen molar-refractivity contribution in [2.45, 2.75) is 31.8 Å². The Hall–Kier alpha value is -3.08. The molecule has 0 aliphatic heterocycles. The SMILES string of the molecule is O=C(/C=C/c1ccco1)N[C@@H]1CCCc2c1cnn2Cc1ccccc1. The highest BCUT2D eigenvalue weighted by Crippen LogP contribution is 2.30. The predicted molar refractivity (Wildman–Crippen MR) is 99.3 cm³/mol. The fraction of sp³-hybridized carbons (Fsp3) is 0.238. The molecule has 0 fully saturated rings. The number of hydrogen-bond acceptors (Lipinski definition) is 3. The van der Waals surface area contributed by atoms with E-state index in [0.717, 1.165) is 31.4 Å². The Morgan fingerprint density at radius 3 is 2.96 bits per heavy atom. The van der Waals surface area contributed by atoms with Crippen molar-refractivity contribution in [2.75, 3.05) is 0 Å². The van der Waals surface area contributed by atoms with E-state index >= 15 is 0 Å². The quantitative estimate of drug-likeness (QED) is 0.716. The lowest BCUT2D eigenvalue weighted by Crippen LogP contribution is -2.29. The molecular weight excluding hydrogens is 326 g/mol. The number of furan rings is 1. The fourth-order valence-electron chi connectivity index (χ4n) is 3.43. The van der Waals surface area contributed by atoms with Crippen LogP contribution >= 0.6 is 0 Å². The third-order valence-corrected chi connectivity index (χ3v) is 4.70. The molecule has 0 radical (unpaired) electrons. The normalized spacial score (nSPS) is 16.5. The first-order chi connectivity index (χ1) is 12.8. The lowest BCUT2D eigenvalue weighted by Gasteiger charge is -2.23. The van der Waals surface area contributed by atoms with Gasteiger partial charge in [0.05, 0.1) is 25.0 Å². The van der Waals surface area contributed by atoms with Crippen molar-refractivity contribution >= 4 is 12.0 Å². The predicted octanol–water partition coefficient (Wildman–Crippen LogP) is 3.73. The van der Waals surface area contributed by atoms with Gasteiger partial charge >= 0.3 is 0 Å². The summed E-state index contributed by atoms with van der Waals surface area (Å²) >= 11 is 0. The van der Waals surface area contributed by atoms with Crippen molar-refractivity contribution in [3.8, 4) is 0 Å². The second-order valence-electron chi connectivity index (χ2n) is 6.49. The molecule has 0 unspecified atom stereocenters. The molecule has 132 valence electrons. The molecule has 3 aromatic rings. The van der Waals surface area contributed by atoms with E-state index in [1.165, 1.54) is 17.3 Å². The minimum absolute atomic E-state index is 0.0111. The van der Waals surface area contributed by atoms with Gasteiger partial charge in [-0.2, -0.15) is 5.10 Å². The number of fused-ring (bicyclic) bond motifs is 1. The molecule has 1 aromatic carbocycles. The van der Waals surface area contributed by atoms with Crippen molar-refractivity contribution in [1.82, 2.24) is 15.1 Å². The first-order valence-electron chi connectivity index (χ1n) is 8.90. The number of hydrogen-bond donors (Lipinski definition) is 1.